The number of anilines is 3. The molecule has 0 aliphatic carbocycles. The number of hydrogen-bond acceptors (Lipinski definition) is 1. The van der Waals surface area contributed by atoms with Gasteiger partial charge in [-0.1, -0.05) is 218 Å². The minimum absolute atomic E-state index is 1.08. The smallest absolute Gasteiger partial charge is 0.0467 e. The van der Waals surface area contributed by atoms with Crippen molar-refractivity contribution in [3.8, 4) is 66.8 Å². The number of hydrogen-bond donors (Lipinski definition) is 0. The van der Waals surface area contributed by atoms with Crippen LogP contribution in [0.15, 0.2) is 261 Å². The highest BCUT2D eigenvalue weighted by Gasteiger charge is 2.18. The Hall–Kier alpha value is -8.26. The van der Waals surface area contributed by atoms with Gasteiger partial charge in [-0.2, -0.15) is 0 Å². The van der Waals surface area contributed by atoms with Gasteiger partial charge in [0.1, 0.15) is 0 Å². The van der Waals surface area contributed by atoms with Crippen LogP contribution in [-0.2, 0) is 0 Å². The fourth-order valence-electron chi connectivity index (χ4n) is 9.21. The van der Waals surface area contributed by atoms with Gasteiger partial charge in [0.25, 0.3) is 0 Å². The molecule has 11 aromatic carbocycles. The van der Waals surface area contributed by atoms with Gasteiger partial charge < -0.3 is 4.90 Å². The number of fused-ring (bicyclic) bond motifs is 2. The van der Waals surface area contributed by atoms with E-state index in [-0.39, 0.29) is 0 Å². The molecule has 0 unspecified atom stereocenters. The average molecular weight is 802 g/mol. The molecule has 11 rings (SSSR count). The van der Waals surface area contributed by atoms with Crippen LogP contribution in [0.1, 0.15) is 0 Å². The highest BCUT2D eigenvalue weighted by Crippen LogP contribution is 2.43. The van der Waals surface area contributed by atoms with Crippen molar-refractivity contribution in [3.63, 3.8) is 0 Å². The lowest BCUT2D eigenvalue weighted by atomic mass is 9.89. The van der Waals surface area contributed by atoms with Crippen LogP contribution in [0.3, 0.4) is 0 Å². The predicted octanol–water partition coefficient (Wildman–Crippen LogP) is 17.5. The van der Waals surface area contributed by atoms with Crippen LogP contribution in [0.25, 0.3) is 88.3 Å². The first-order valence-electron chi connectivity index (χ1n) is 21.7. The number of rotatable bonds is 9. The highest BCUT2D eigenvalue weighted by molar-refractivity contribution is 6.04. The van der Waals surface area contributed by atoms with Crippen molar-refractivity contribution in [2.75, 3.05) is 4.90 Å². The summed E-state index contributed by atoms with van der Waals surface area (Å²) < 4.78 is 0. The largest absolute Gasteiger partial charge is 0.310 e. The Morgan fingerprint density at radius 1 is 0.206 bits per heavy atom. The Labute approximate surface area is 369 Å². The van der Waals surface area contributed by atoms with E-state index in [1.54, 1.807) is 0 Å². The molecule has 0 aliphatic heterocycles. The van der Waals surface area contributed by atoms with E-state index in [9.17, 15) is 0 Å². The van der Waals surface area contributed by atoms with Gasteiger partial charge in [-0.3, -0.25) is 0 Å². The van der Waals surface area contributed by atoms with Crippen molar-refractivity contribution in [2.45, 2.75) is 0 Å². The molecular formula is C62H43N. The second-order valence-electron chi connectivity index (χ2n) is 16.1. The van der Waals surface area contributed by atoms with Crippen LogP contribution in [0.5, 0.6) is 0 Å². The molecule has 0 aromatic heterocycles. The topological polar surface area (TPSA) is 3.24 Å². The fourth-order valence-corrected chi connectivity index (χ4v) is 9.21. The van der Waals surface area contributed by atoms with Gasteiger partial charge in [0.05, 0.1) is 0 Å². The Morgan fingerprint density at radius 3 is 1.35 bits per heavy atom. The Balaban J connectivity index is 1.03. The second kappa shape index (κ2) is 16.7. The molecule has 0 spiro atoms. The predicted molar refractivity (Wildman–Crippen MR) is 269 cm³/mol. The average Bonchev–Trinajstić information content (AvgIpc) is 3.37. The van der Waals surface area contributed by atoms with Crippen LogP contribution in [-0.4, -0.2) is 0 Å². The third kappa shape index (κ3) is 7.37. The Kier molecular flexibility index (Phi) is 9.97. The van der Waals surface area contributed by atoms with Crippen LogP contribution < -0.4 is 4.90 Å². The molecule has 0 amide bonds. The monoisotopic (exact) mass is 801 g/mol. The van der Waals surface area contributed by atoms with Gasteiger partial charge in [0.15, 0.2) is 0 Å². The van der Waals surface area contributed by atoms with Gasteiger partial charge in [-0.15, -0.1) is 0 Å². The summed E-state index contributed by atoms with van der Waals surface area (Å²) in [6.45, 7) is 0. The summed E-state index contributed by atoms with van der Waals surface area (Å²) in [5.41, 5.74) is 17.7. The molecule has 0 fully saturated rings. The summed E-state index contributed by atoms with van der Waals surface area (Å²) in [5.74, 6) is 0. The van der Waals surface area contributed by atoms with Crippen LogP contribution >= 0.6 is 0 Å². The third-order valence-electron chi connectivity index (χ3n) is 12.3. The van der Waals surface area contributed by atoms with Crippen molar-refractivity contribution in [2.24, 2.45) is 0 Å². The molecule has 1 heteroatoms. The molecule has 0 bridgehead atoms. The third-order valence-corrected chi connectivity index (χ3v) is 12.3. The normalized spacial score (nSPS) is 11.2. The summed E-state index contributed by atoms with van der Waals surface area (Å²) in [7, 11) is 0. The second-order valence-corrected chi connectivity index (χ2v) is 16.1. The first-order chi connectivity index (χ1) is 31.2. The van der Waals surface area contributed by atoms with Crippen molar-refractivity contribution < 1.29 is 0 Å². The minimum Gasteiger partial charge on any atom is -0.310 e. The molecule has 0 atom stereocenters. The standard InChI is InChI=1S/C62H43N/c1-4-16-45(17-5-1)58-40-35-51(43-61(58)48-20-8-3-9-21-48)44-30-36-53(37-31-44)63(55-26-14-25-52(42-55)57-29-15-24-46-22-10-12-27-56(46)57)54-38-32-50(33-39-54)62-59-28-13-11-23-49(59)34-41-60(62)47-18-6-2-7-19-47/h1-43H. The summed E-state index contributed by atoms with van der Waals surface area (Å²) in [5, 5.41) is 4.96. The van der Waals surface area contributed by atoms with Gasteiger partial charge >= 0.3 is 0 Å². The Bertz CT molecular complexity index is 3350. The minimum atomic E-state index is 1.08. The quantitative estimate of drug-likeness (QED) is 0.141. The first kappa shape index (κ1) is 37.7. The summed E-state index contributed by atoms with van der Waals surface area (Å²) >= 11 is 0. The SMILES string of the molecule is c1ccc(-c2ccc(-c3ccc(N(c4ccc(-c5c(-c6ccccc6)ccc6ccccc56)cc4)c4cccc(-c5cccc6ccccc56)c4)cc3)cc2-c2ccccc2)cc1. The van der Waals surface area contributed by atoms with Crippen molar-refractivity contribution in [3.05, 3.63) is 261 Å². The van der Waals surface area contributed by atoms with Crippen molar-refractivity contribution >= 4 is 38.6 Å². The van der Waals surface area contributed by atoms with Crippen molar-refractivity contribution in [1.82, 2.24) is 0 Å². The molecule has 296 valence electrons. The van der Waals surface area contributed by atoms with E-state index in [4.69, 9.17) is 0 Å². The molecule has 0 heterocycles. The van der Waals surface area contributed by atoms with Crippen LogP contribution in [0.2, 0.25) is 0 Å². The first-order valence-corrected chi connectivity index (χ1v) is 21.7. The zero-order valence-electron chi connectivity index (χ0n) is 34.8. The maximum Gasteiger partial charge on any atom is 0.0467 e. The molecule has 0 saturated heterocycles. The molecule has 0 N–H and O–H groups in total. The van der Waals surface area contributed by atoms with Gasteiger partial charge in [0.2, 0.25) is 0 Å². The molecule has 63 heavy (non-hydrogen) atoms. The summed E-state index contributed by atoms with van der Waals surface area (Å²) in [6.07, 6.45) is 0. The van der Waals surface area contributed by atoms with E-state index in [0.29, 0.717) is 0 Å². The molecule has 0 aliphatic rings. The molecule has 1 nitrogen and oxygen atoms in total. The zero-order valence-corrected chi connectivity index (χ0v) is 34.8. The lowest BCUT2D eigenvalue weighted by Gasteiger charge is -2.27. The Morgan fingerprint density at radius 2 is 0.683 bits per heavy atom. The lowest BCUT2D eigenvalue weighted by Crippen LogP contribution is -2.10. The molecular weight excluding hydrogens is 759 g/mol. The van der Waals surface area contributed by atoms with E-state index >= 15 is 0 Å². The van der Waals surface area contributed by atoms with E-state index in [1.807, 2.05) is 0 Å². The number of benzene rings is 11. The zero-order chi connectivity index (χ0) is 42.0. The van der Waals surface area contributed by atoms with Crippen LogP contribution in [0, 0.1) is 0 Å². The summed E-state index contributed by atoms with van der Waals surface area (Å²) in [4.78, 5) is 2.39. The van der Waals surface area contributed by atoms with Crippen LogP contribution in [0.4, 0.5) is 17.1 Å². The van der Waals surface area contributed by atoms with E-state index in [1.165, 1.54) is 88.3 Å². The van der Waals surface area contributed by atoms with Gasteiger partial charge in [-0.25, -0.2) is 0 Å². The molecule has 0 saturated carbocycles. The number of nitrogens with zero attached hydrogens (tertiary/aromatic N) is 1. The highest BCUT2D eigenvalue weighted by atomic mass is 15.1. The van der Waals surface area contributed by atoms with E-state index in [2.05, 4.69) is 266 Å². The maximum atomic E-state index is 2.39. The summed E-state index contributed by atoms with van der Waals surface area (Å²) in [6, 6.07) is 94.6. The van der Waals surface area contributed by atoms with E-state index < -0.39 is 0 Å². The van der Waals surface area contributed by atoms with Gasteiger partial charge in [0, 0.05) is 17.1 Å². The lowest BCUT2D eigenvalue weighted by molar-refractivity contribution is 1.28. The fraction of sp³-hybridized carbons (Fsp3) is 0. The molecule has 0 radical (unpaired) electrons. The maximum absolute atomic E-state index is 2.39. The molecule has 11 aromatic rings. The van der Waals surface area contributed by atoms with E-state index in [0.717, 1.165) is 17.1 Å². The van der Waals surface area contributed by atoms with Crippen molar-refractivity contribution in [1.29, 1.82) is 0 Å². The van der Waals surface area contributed by atoms with Gasteiger partial charge in [-0.05, 0) is 131 Å².